The summed E-state index contributed by atoms with van der Waals surface area (Å²) in [5.41, 5.74) is 3.87. The van der Waals surface area contributed by atoms with Crippen molar-refractivity contribution in [2.45, 2.75) is 57.7 Å². The Morgan fingerprint density at radius 1 is 1.33 bits per heavy atom. The largest absolute Gasteiger partial charge is 0.312 e. The molecule has 1 aromatic rings. The smallest absolute Gasteiger partial charge is 0.0437 e. The summed E-state index contributed by atoms with van der Waals surface area (Å²) >= 11 is 0. The second-order valence-corrected chi connectivity index (χ2v) is 8.40. The fourth-order valence-electron chi connectivity index (χ4n) is 3.46. The van der Waals surface area contributed by atoms with Gasteiger partial charge >= 0.3 is 0 Å². The minimum Gasteiger partial charge on any atom is -0.312 e. The van der Waals surface area contributed by atoms with Gasteiger partial charge < -0.3 is 5.32 Å². The standard InChI is InChI=1S/C18H29NOS/c1-13-6-5-7-16(11-13)21(20)12-18(19-4)17-9-8-14(2)10-15(17)3/h8-10,13,16,18-19H,5-7,11-12H2,1-4H3. The molecular weight excluding hydrogens is 278 g/mol. The van der Waals surface area contributed by atoms with Gasteiger partial charge in [0.15, 0.2) is 0 Å². The molecule has 118 valence electrons. The van der Waals surface area contributed by atoms with E-state index in [9.17, 15) is 4.21 Å². The molecule has 4 unspecified atom stereocenters. The maximum atomic E-state index is 12.7. The van der Waals surface area contributed by atoms with Crippen LogP contribution in [0.1, 0.15) is 55.3 Å². The zero-order valence-electron chi connectivity index (χ0n) is 13.8. The minimum absolute atomic E-state index is 0.198. The van der Waals surface area contributed by atoms with Crippen molar-refractivity contribution in [1.29, 1.82) is 0 Å². The Bertz CT molecular complexity index is 500. The minimum atomic E-state index is -0.734. The molecule has 0 bridgehead atoms. The summed E-state index contributed by atoms with van der Waals surface area (Å²) in [5.74, 6) is 1.47. The Hall–Kier alpha value is -0.670. The van der Waals surface area contributed by atoms with Crippen molar-refractivity contribution in [2.24, 2.45) is 5.92 Å². The van der Waals surface area contributed by atoms with E-state index in [1.54, 1.807) is 0 Å². The van der Waals surface area contributed by atoms with Crippen LogP contribution in [-0.2, 0) is 10.8 Å². The molecule has 1 aromatic carbocycles. The summed E-state index contributed by atoms with van der Waals surface area (Å²) in [6.07, 6.45) is 4.82. The van der Waals surface area contributed by atoms with Crippen LogP contribution in [0.4, 0.5) is 0 Å². The molecule has 0 aromatic heterocycles. The first-order chi connectivity index (χ1) is 10.0. The Labute approximate surface area is 132 Å². The van der Waals surface area contributed by atoms with Crippen LogP contribution in [0.15, 0.2) is 18.2 Å². The predicted octanol–water partition coefficient (Wildman–Crippen LogP) is 3.89. The highest BCUT2D eigenvalue weighted by atomic mass is 32.2. The van der Waals surface area contributed by atoms with Crippen LogP contribution in [0, 0.1) is 19.8 Å². The molecule has 2 rings (SSSR count). The average molecular weight is 308 g/mol. The van der Waals surface area contributed by atoms with Crippen LogP contribution in [0.5, 0.6) is 0 Å². The third kappa shape index (κ3) is 4.40. The number of nitrogens with one attached hydrogen (secondary N) is 1. The van der Waals surface area contributed by atoms with E-state index in [0.29, 0.717) is 5.25 Å². The van der Waals surface area contributed by atoms with Gasteiger partial charge in [-0.3, -0.25) is 4.21 Å². The van der Waals surface area contributed by atoms with Gasteiger partial charge in [-0.05, 0) is 50.8 Å². The zero-order chi connectivity index (χ0) is 15.4. The number of benzene rings is 1. The molecule has 1 N–H and O–H groups in total. The van der Waals surface area contributed by atoms with Crippen molar-refractivity contribution < 1.29 is 4.21 Å². The van der Waals surface area contributed by atoms with Crippen LogP contribution >= 0.6 is 0 Å². The summed E-state index contributed by atoms with van der Waals surface area (Å²) < 4.78 is 12.7. The van der Waals surface area contributed by atoms with Gasteiger partial charge in [-0.25, -0.2) is 0 Å². The third-order valence-corrected chi connectivity index (χ3v) is 6.57. The lowest BCUT2D eigenvalue weighted by Crippen LogP contribution is -2.30. The van der Waals surface area contributed by atoms with Gasteiger partial charge in [0.1, 0.15) is 0 Å². The third-order valence-electron chi connectivity index (χ3n) is 4.74. The van der Waals surface area contributed by atoms with Crippen LogP contribution in [-0.4, -0.2) is 22.3 Å². The predicted molar refractivity (Wildman–Crippen MR) is 92.1 cm³/mol. The van der Waals surface area contributed by atoms with Gasteiger partial charge in [0.25, 0.3) is 0 Å². The quantitative estimate of drug-likeness (QED) is 0.894. The molecule has 1 saturated carbocycles. The summed E-state index contributed by atoms with van der Waals surface area (Å²) in [7, 11) is 1.24. The fraction of sp³-hybridized carbons (Fsp3) is 0.667. The number of hydrogen-bond acceptors (Lipinski definition) is 2. The first-order valence-electron chi connectivity index (χ1n) is 8.13. The highest BCUT2D eigenvalue weighted by Crippen LogP contribution is 2.29. The molecule has 0 spiro atoms. The second-order valence-electron chi connectivity index (χ2n) is 6.64. The van der Waals surface area contributed by atoms with Crippen molar-refractivity contribution in [3.63, 3.8) is 0 Å². The van der Waals surface area contributed by atoms with Gasteiger partial charge in [-0.1, -0.05) is 43.5 Å². The molecule has 0 radical (unpaired) electrons. The lowest BCUT2D eigenvalue weighted by Gasteiger charge is -2.28. The normalized spacial score (nSPS) is 25.5. The highest BCUT2D eigenvalue weighted by molar-refractivity contribution is 7.85. The van der Waals surface area contributed by atoms with Gasteiger partial charge in [-0.2, -0.15) is 0 Å². The van der Waals surface area contributed by atoms with Gasteiger partial charge in [0.2, 0.25) is 0 Å². The Balaban J connectivity index is 2.06. The summed E-state index contributed by atoms with van der Waals surface area (Å²) in [4.78, 5) is 0. The molecule has 3 heteroatoms. The van der Waals surface area contributed by atoms with E-state index in [2.05, 4.69) is 44.3 Å². The summed E-state index contributed by atoms with van der Waals surface area (Å²) in [5, 5.41) is 3.77. The first-order valence-corrected chi connectivity index (χ1v) is 9.51. The van der Waals surface area contributed by atoms with Gasteiger partial charge in [-0.15, -0.1) is 0 Å². The summed E-state index contributed by atoms with van der Waals surface area (Å²) in [6, 6.07) is 6.75. The van der Waals surface area contributed by atoms with E-state index < -0.39 is 10.8 Å². The molecule has 0 amide bonds. The Kier molecular flexibility index (Phi) is 6.00. The van der Waals surface area contributed by atoms with Crippen LogP contribution < -0.4 is 5.32 Å². The van der Waals surface area contributed by atoms with E-state index in [4.69, 9.17) is 0 Å². The van der Waals surface area contributed by atoms with E-state index in [1.165, 1.54) is 29.5 Å². The Morgan fingerprint density at radius 2 is 2.10 bits per heavy atom. The molecule has 1 aliphatic carbocycles. The van der Waals surface area contributed by atoms with Crippen molar-refractivity contribution >= 4 is 10.8 Å². The zero-order valence-corrected chi connectivity index (χ0v) is 14.6. The number of aryl methyl sites for hydroxylation is 2. The topological polar surface area (TPSA) is 29.1 Å². The Morgan fingerprint density at radius 3 is 2.71 bits per heavy atom. The molecule has 0 aliphatic heterocycles. The first kappa shape index (κ1) is 16.7. The monoisotopic (exact) mass is 307 g/mol. The lowest BCUT2D eigenvalue weighted by atomic mass is 9.91. The molecular formula is C18H29NOS. The van der Waals surface area contributed by atoms with E-state index >= 15 is 0 Å². The average Bonchev–Trinajstić information content (AvgIpc) is 2.45. The number of rotatable bonds is 5. The molecule has 0 saturated heterocycles. The van der Waals surface area contributed by atoms with E-state index in [1.807, 2.05) is 7.05 Å². The maximum Gasteiger partial charge on any atom is 0.0437 e. The van der Waals surface area contributed by atoms with E-state index in [-0.39, 0.29) is 6.04 Å². The lowest BCUT2D eigenvalue weighted by molar-refractivity contribution is 0.388. The van der Waals surface area contributed by atoms with Crippen molar-refractivity contribution in [3.8, 4) is 0 Å². The van der Waals surface area contributed by atoms with Crippen LogP contribution in [0.3, 0.4) is 0 Å². The molecule has 1 fully saturated rings. The van der Waals surface area contributed by atoms with Crippen LogP contribution in [0.25, 0.3) is 0 Å². The van der Waals surface area contributed by atoms with Crippen LogP contribution in [0.2, 0.25) is 0 Å². The van der Waals surface area contributed by atoms with Crippen molar-refractivity contribution in [1.82, 2.24) is 5.32 Å². The molecule has 2 nitrogen and oxygen atoms in total. The van der Waals surface area contributed by atoms with Gasteiger partial charge in [0.05, 0.1) is 0 Å². The van der Waals surface area contributed by atoms with Gasteiger partial charge in [0, 0.05) is 27.8 Å². The highest BCUT2D eigenvalue weighted by Gasteiger charge is 2.26. The van der Waals surface area contributed by atoms with Crippen molar-refractivity contribution in [2.75, 3.05) is 12.8 Å². The molecule has 1 aliphatic rings. The second kappa shape index (κ2) is 7.55. The maximum absolute atomic E-state index is 12.7. The number of hydrogen-bond donors (Lipinski definition) is 1. The molecule has 21 heavy (non-hydrogen) atoms. The molecule has 0 heterocycles. The SMILES string of the molecule is CNC(CS(=O)C1CCCC(C)C1)c1ccc(C)cc1C. The van der Waals surface area contributed by atoms with Crippen molar-refractivity contribution in [3.05, 3.63) is 34.9 Å². The molecule has 4 atom stereocenters. The summed E-state index contributed by atoms with van der Waals surface area (Å²) in [6.45, 7) is 6.56. The van der Waals surface area contributed by atoms with E-state index in [0.717, 1.165) is 24.5 Å². The fourth-order valence-corrected chi connectivity index (χ4v) is 5.38.